The Morgan fingerprint density at radius 1 is 0.963 bits per heavy atom. The number of carbonyl (C=O) groups excluding carboxylic acids is 2. The maximum Gasteiger partial charge on any atom is 0.311 e. The molecule has 1 amide bonds. The highest BCUT2D eigenvalue weighted by Gasteiger charge is 2.48. The van der Waals surface area contributed by atoms with Crippen LogP contribution in [0.1, 0.15) is 46.5 Å². The summed E-state index contributed by atoms with van der Waals surface area (Å²) >= 11 is 0. The van der Waals surface area contributed by atoms with E-state index in [9.17, 15) is 19.5 Å². The third-order valence-electron chi connectivity index (χ3n) is 5.56. The van der Waals surface area contributed by atoms with Gasteiger partial charge in [-0.1, -0.05) is 62.4 Å². The zero-order valence-corrected chi connectivity index (χ0v) is 15.5. The van der Waals surface area contributed by atoms with Crippen LogP contribution < -0.4 is 0 Å². The fourth-order valence-corrected chi connectivity index (χ4v) is 3.68. The van der Waals surface area contributed by atoms with Crippen LogP contribution in [-0.4, -0.2) is 40.8 Å². The molecule has 1 saturated heterocycles. The van der Waals surface area contributed by atoms with E-state index in [0.29, 0.717) is 29.7 Å². The van der Waals surface area contributed by atoms with Crippen LogP contribution in [0.5, 0.6) is 0 Å². The number of carbonyl (C=O) groups is 3. The lowest BCUT2D eigenvalue weighted by molar-refractivity contribution is -0.150. The van der Waals surface area contributed by atoms with Crippen LogP contribution in [0.3, 0.4) is 0 Å². The molecule has 5 heteroatoms. The van der Waals surface area contributed by atoms with Crippen LogP contribution in [0, 0.1) is 11.3 Å². The molecule has 3 rings (SSSR count). The summed E-state index contributed by atoms with van der Waals surface area (Å²) in [5.41, 5.74) is 0.234. The van der Waals surface area contributed by atoms with E-state index in [-0.39, 0.29) is 24.2 Å². The van der Waals surface area contributed by atoms with E-state index >= 15 is 0 Å². The van der Waals surface area contributed by atoms with Crippen molar-refractivity contribution < 1.29 is 19.5 Å². The molecular formula is C22H23NO4. The van der Waals surface area contributed by atoms with Gasteiger partial charge in [-0.25, -0.2) is 0 Å². The molecule has 1 fully saturated rings. The number of amides is 1. The molecule has 1 N–H and O–H groups in total. The molecule has 0 radical (unpaired) electrons. The molecule has 0 spiro atoms. The fourth-order valence-electron chi connectivity index (χ4n) is 3.68. The standard InChI is InChI=1S/C22H23NO4/c1-15(2)22(21(26)27)12-13-23(14-22)20(25)18-11-7-6-10-17(18)19(24)16-8-4-3-5-9-16/h3-11,15H,12-14H2,1-2H3,(H,26,27). The predicted octanol–water partition coefficient (Wildman–Crippen LogP) is 3.49. The first-order valence-electron chi connectivity index (χ1n) is 9.08. The summed E-state index contributed by atoms with van der Waals surface area (Å²) in [6.45, 7) is 4.27. The number of nitrogens with zero attached hydrogens (tertiary/aromatic N) is 1. The number of ketones is 1. The minimum absolute atomic E-state index is 0.0889. The summed E-state index contributed by atoms with van der Waals surface area (Å²) in [6.07, 6.45) is 0.417. The first kappa shape index (κ1) is 18.8. The predicted molar refractivity (Wildman–Crippen MR) is 102 cm³/mol. The molecule has 0 bridgehead atoms. The summed E-state index contributed by atoms with van der Waals surface area (Å²) in [5, 5.41) is 9.70. The Bertz CT molecular complexity index is 875. The second-order valence-corrected chi connectivity index (χ2v) is 7.33. The number of carboxylic acids is 1. The van der Waals surface area contributed by atoms with Crippen molar-refractivity contribution in [2.24, 2.45) is 11.3 Å². The van der Waals surface area contributed by atoms with Crippen LogP contribution in [0.4, 0.5) is 0 Å². The highest BCUT2D eigenvalue weighted by Crippen LogP contribution is 2.38. The van der Waals surface area contributed by atoms with Crippen molar-refractivity contribution in [3.8, 4) is 0 Å². The Kier molecular flexibility index (Phi) is 5.13. The maximum atomic E-state index is 13.1. The zero-order chi connectivity index (χ0) is 19.6. The normalized spacial score (nSPS) is 19.3. The number of aliphatic carboxylic acids is 1. The molecular weight excluding hydrogens is 342 g/mol. The smallest absolute Gasteiger partial charge is 0.311 e. The largest absolute Gasteiger partial charge is 0.481 e. The van der Waals surface area contributed by atoms with E-state index in [1.807, 2.05) is 19.9 Å². The lowest BCUT2D eigenvalue weighted by atomic mass is 9.76. The van der Waals surface area contributed by atoms with E-state index in [0.717, 1.165) is 0 Å². The minimum Gasteiger partial charge on any atom is -0.481 e. The lowest BCUT2D eigenvalue weighted by Crippen LogP contribution is -2.40. The van der Waals surface area contributed by atoms with Crippen molar-refractivity contribution in [2.45, 2.75) is 20.3 Å². The Labute approximate surface area is 158 Å². The number of hydrogen-bond donors (Lipinski definition) is 1. The number of hydrogen-bond acceptors (Lipinski definition) is 3. The number of carboxylic acid groups (broad SMARTS) is 1. The van der Waals surface area contributed by atoms with Crippen LogP contribution in [0.2, 0.25) is 0 Å². The van der Waals surface area contributed by atoms with E-state index < -0.39 is 11.4 Å². The van der Waals surface area contributed by atoms with Crippen LogP contribution in [-0.2, 0) is 4.79 Å². The third-order valence-corrected chi connectivity index (χ3v) is 5.56. The number of likely N-dealkylation sites (tertiary alicyclic amines) is 1. The Morgan fingerprint density at radius 2 is 1.56 bits per heavy atom. The first-order chi connectivity index (χ1) is 12.9. The van der Waals surface area contributed by atoms with Gasteiger partial charge in [0.25, 0.3) is 5.91 Å². The molecule has 140 valence electrons. The van der Waals surface area contributed by atoms with Crippen molar-refractivity contribution in [1.82, 2.24) is 4.90 Å². The van der Waals surface area contributed by atoms with E-state index in [1.54, 1.807) is 53.4 Å². The van der Waals surface area contributed by atoms with Gasteiger partial charge in [-0.3, -0.25) is 14.4 Å². The van der Waals surface area contributed by atoms with Gasteiger partial charge in [-0.2, -0.15) is 0 Å². The zero-order valence-electron chi connectivity index (χ0n) is 15.5. The summed E-state index contributed by atoms with van der Waals surface area (Å²) in [7, 11) is 0. The van der Waals surface area contributed by atoms with Crippen molar-refractivity contribution in [1.29, 1.82) is 0 Å². The second kappa shape index (κ2) is 7.35. The Morgan fingerprint density at radius 3 is 2.11 bits per heavy atom. The number of rotatable bonds is 5. The molecule has 1 heterocycles. The van der Waals surface area contributed by atoms with E-state index in [2.05, 4.69) is 0 Å². The molecule has 0 aliphatic carbocycles. The van der Waals surface area contributed by atoms with Gasteiger partial charge in [-0.15, -0.1) is 0 Å². The number of benzene rings is 2. The van der Waals surface area contributed by atoms with E-state index in [1.165, 1.54) is 0 Å². The van der Waals surface area contributed by atoms with Crippen molar-refractivity contribution in [2.75, 3.05) is 13.1 Å². The Balaban J connectivity index is 1.91. The van der Waals surface area contributed by atoms with Crippen LogP contribution in [0.15, 0.2) is 54.6 Å². The van der Waals surface area contributed by atoms with Gasteiger partial charge in [0, 0.05) is 24.2 Å². The Hall–Kier alpha value is -2.95. The average molecular weight is 365 g/mol. The molecule has 1 aliphatic rings. The monoisotopic (exact) mass is 365 g/mol. The SMILES string of the molecule is CC(C)C1(C(=O)O)CCN(C(=O)c2ccccc2C(=O)c2ccccc2)C1. The van der Waals surface area contributed by atoms with E-state index in [4.69, 9.17) is 0 Å². The van der Waals surface area contributed by atoms with Gasteiger partial charge in [0.2, 0.25) is 0 Å². The highest BCUT2D eigenvalue weighted by molar-refractivity contribution is 6.15. The maximum absolute atomic E-state index is 13.1. The van der Waals surface area contributed by atoms with Gasteiger partial charge >= 0.3 is 5.97 Å². The van der Waals surface area contributed by atoms with Crippen LogP contribution >= 0.6 is 0 Å². The summed E-state index contributed by atoms with van der Waals surface area (Å²) < 4.78 is 0. The fraction of sp³-hybridized carbons (Fsp3) is 0.318. The highest BCUT2D eigenvalue weighted by atomic mass is 16.4. The van der Waals surface area contributed by atoms with Gasteiger partial charge in [0.15, 0.2) is 5.78 Å². The summed E-state index contributed by atoms with van der Waals surface area (Å²) in [6, 6.07) is 15.5. The van der Waals surface area contributed by atoms with Crippen LogP contribution in [0.25, 0.3) is 0 Å². The first-order valence-corrected chi connectivity index (χ1v) is 9.08. The quantitative estimate of drug-likeness (QED) is 0.823. The van der Waals surface area contributed by atoms with Crippen molar-refractivity contribution >= 4 is 17.7 Å². The average Bonchev–Trinajstić information content (AvgIpc) is 3.15. The summed E-state index contributed by atoms with van der Waals surface area (Å²) in [4.78, 5) is 39.4. The van der Waals surface area contributed by atoms with Gasteiger partial charge in [0.05, 0.1) is 11.0 Å². The molecule has 0 saturated carbocycles. The molecule has 5 nitrogen and oxygen atoms in total. The molecule has 2 aromatic rings. The third kappa shape index (κ3) is 3.37. The molecule has 0 aromatic heterocycles. The molecule has 2 aromatic carbocycles. The minimum atomic E-state index is -0.936. The van der Waals surface area contributed by atoms with Crippen molar-refractivity contribution in [3.63, 3.8) is 0 Å². The van der Waals surface area contributed by atoms with Crippen molar-refractivity contribution in [3.05, 3.63) is 71.3 Å². The van der Waals surface area contributed by atoms with Gasteiger partial charge < -0.3 is 10.0 Å². The van der Waals surface area contributed by atoms with Gasteiger partial charge in [0.1, 0.15) is 0 Å². The second-order valence-electron chi connectivity index (χ2n) is 7.33. The summed E-state index contributed by atoms with van der Waals surface area (Å²) in [5.74, 6) is -1.47. The molecule has 27 heavy (non-hydrogen) atoms. The molecule has 1 unspecified atom stereocenters. The molecule has 1 aliphatic heterocycles. The molecule has 1 atom stereocenters. The topological polar surface area (TPSA) is 74.7 Å². The lowest BCUT2D eigenvalue weighted by Gasteiger charge is -2.28. The van der Waals surface area contributed by atoms with Gasteiger partial charge in [-0.05, 0) is 18.4 Å².